The fourth-order valence-corrected chi connectivity index (χ4v) is 1.98. The third-order valence-electron chi connectivity index (χ3n) is 1.84. The molecule has 16 heavy (non-hydrogen) atoms. The highest BCUT2D eigenvalue weighted by atomic mass is 32.2. The first kappa shape index (κ1) is 15.8. The highest BCUT2D eigenvalue weighted by Crippen LogP contribution is 2.11. The minimum atomic E-state index is -0.368. The van der Waals surface area contributed by atoms with Gasteiger partial charge in [-0.1, -0.05) is 6.42 Å². The molecular formula is C12H25NO2S. The molecular weight excluding hydrogens is 222 g/mol. The van der Waals surface area contributed by atoms with Gasteiger partial charge in [0.1, 0.15) is 5.60 Å². The third-order valence-corrected chi connectivity index (χ3v) is 2.86. The van der Waals surface area contributed by atoms with Crippen molar-refractivity contribution in [3.8, 4) is 0 Å². The van der Waals surface area contributed by atoms with Gasteiger partial charge in [0.15, 0.2) is 0 Å². The maximum atomic E-state index is 11.3. The molecule has 0 rings (SSSR count). The third kappa shape index (κ3) is 11.9. The Hall–Kier alpha value is -0.220. The fraction of sp³-hybridized carbons (Fsp3) is 0.917. The van der Waals surface area contributed by atoms with Gasteiger partial charge in [0.25, 0.3) is 0 Å². The summed E-state index contributed by atoms with van der Waals surface area (Å²) in [6.45, 7) is 7.68. The number of hydrogen-bond acceptors (Lipinski definition) is 4. The highest BCUT2D eigenvalue weighted by molar-refractivity contribution is 7.99. The van der Waals surface area contributed by atoms with Crippen LogP contribution >= 0.6 is 11.8 Å². The van der Waals surface area contributed by atoms with Gasteiger partial charge in [-0.3, -0.25) is 4.79 Å². The number of carbonyl (C=O) groups is 1. The van der Waals surface area contributed by atoms with Crippen LogP contribution in [-0.4, -0.2) is 29.1 Å². The van der Waals surface area contributed by atoms with Crippen LogP contribution in [0.2, 0.25) is 0 Å². The van der Waals surface area contributed by atoms with E-state index >= 15 is 0 Å². The summed E-state index contributed by atoms with van der Waals surface area (Å²) in [5.74, 6) is 1.34. The van der Waals surface area contributed by atoms with Gasteiger partial charge < -0.3 is 10.5 Å². The number of rotatable bonds is 7. The minimum absolute atomic E-state index is 0.121. The molecule has 0 heterocycles. The maximum Gasteiger partial charge on any atom is 0.316 e. The van der Waals surface area contributed by atoms with E-state index < -0.39 is 0 Å². The number of unbranched alkanes of at least 4 members (excludes halogenated alkanes) is 1. The van der Waals surface area contributed by atoms with Crippen molar-refractivity contribution >= 4 is 17.7 Å². The first-order valence-electron chi connectivity index (χ1n) is 5.86. The smallest absolute Gasteiger partial charge is 0.316 e. The Labute approximate surface area is 103 Å². The molecule has 0 radical (unpaired) electrons. The summed E-state index contributed by atoms with van der Waals surface area (Å²) in [7, 11) is 0. The lowest BCUT2D eigenvalue weighted by molar-refractivity contribution is -0.151. The van der Waals surface area contributed by atoms with Crippen molar-refractivity contribution in [1.82, 2.24) is 0 Å². The van der Waals surface area contributed by atoms with E-state index in [0.717, 1.165) is 25.0 Å². The summed E-state index contributed by atoms with van der Waals surface area (Å²) in [6.07, 6.45) is 3.32. The van der Waals surface area contributed by atoms with Gasteiger partial charge in [-0.15, -0.1) is 0 Å². The largest absolute Gasteiger partial charge is 0.459 e. The standard InChI is InChI=1S/C12H25NO2S/c1-10(13)7-5-6-8-16-9-11(14)15-12(2,3)4/h10H,5-9,13H2,1-4H3. The molecule has 2 N–H and O–H groups in total. The zero-order valence-electron chi connectivity index (χ0n) is 10.9. The van der Waals surface area contributed by atoms with Crippen molar-refractivity contribution < 1.29 is 9.53 Å². The predicted octanol–water partition coefficient (Wildman–Crippen LogP) is 2.58. The van der Waals surface area contributed by atoms with Gasteiger partial charge >= 0.3 is 5.97 Å². The Morgan fingerprint density at radius 2 is 2.00 bits per heavy atom. The van der Waals surface area contributed by atoms with E-state index in [2.05, 4.69) is 0 Å². The number of hydrogen-bond donors (Lipinski definition) is 1. The normalized spacial score (nSPS) is 13.6. The Kier molecular flexibility index (Phi) is 7.85. The molecule has 0 aliphatic heterocycles. The van der Waals surface area contributed by atoms with Crippen LogP contribution in [-0.2, 0) is 9.53 Å². The highest BCUT2D eigenvalue weighted by Gasteiger charge is 2.15. The lowest BCUT2D eigenvalue weighted by Crippen LogP contribution is -2.25. The Morgan fingerprint density at radius 1 is 1.38 bits per heavy atom. The minimum Gasteiger partial charge on any atom is -0.459 e. The molecule has 0 spiro atoms. The van der Waals surface area contributed by atoms with Crippen LogP contribution in [0, 0.1) is 0 Å². The molecule has 0 saturated heterocycles. The van der Waals surface area contributed by atoms with Gasteiger partial charge in [0.05, 0.1) is 5.75 Å². The molecule has 1 atom stereocenters. The van der Waals surface area contributed by atoms with Gasteiger partial charge in [0.2, 0.25) is 0 Å². The van der Waals surface area contributed by atoms with Crippen LogP contribution in [0.1, 0.15) is 47.0 Å². The van der Waals surface area contributed by atoms with Crippen molar-refractivity contribution in [2.75, 3.05) is 11.5 Å². The van der Waals surface area contributed by atoms with Crippen molar-refractivity contribution in [3.63, 3.8) is 0 Å². The van der Waals surface area contributed by atoms with E-state index in [1.165, 1.54) is 0 Å². The second-order valence-electron chi connectivity index (χ2n) is 5.11. The summed E-state index contributed by atoms with van der Waals surface area (Å²) in [4.78, 5) is 11.3. The van der Waals surface area contributed by atoms with E-state index in [-0.39, 0.29) is 17.6 Å². The van der Waals surface area contributed by atoms with Crippen LogP contribution in [0.25, 0.3) is 0 Å². The number of ether oxygens (including phenoxy) is 1. The summed E-state index contributed by atoms with van der Waals surface area (Å²) in [5, 5.41) is 0. The number of thioether (sulfide) groups is 1. The average Bonchev–Trinajstić information content (AvgIpc) is 2.07. The van der Waals surface area contributed by atoms with E-state index in [4.69, 9.17) is 10.5 Å². The van der Waals surface area contributed by atoms with Gasteiger partial charge in [-0.25, -0.2) is 0 Å². The van der Waals surface area contributed by atoms with Gasteiger partial charge in [-0.2, -0.15) is 11.8 Å². The second kappa shape index (κ2) is 7.96. The van der Waals surface area contributed by atoms with Crippen LogP contribution in [0.3, 0.4) is 0 Å². The SMILES string of the molecule is CC(N)CCCCSCC(=O)OC(C)(C)C. The van der Waals surface area contributed by atoms with E-state index in [0.29, 0.717) is 5.75 Å². The molecule has 0 aromatic heterocycles. The summed E-state index contributed by atoms with van der Waals surface area (Å²) in [5.41, 5.74) is 5.28. The maximum absolute atomic E-state index is 11.3. The number of esters is 1. The van der Waals surface area contributed by atoms with E-state index in [1.54, 1.807) is 11.8 Å². The molecule has 0 aliphatic rings. The first-order chi connectivity index (χ1) is 7.31. The summed E-state index contributed by atoms with van der Waals surface area (Å²) < 4.78 is 5.20. The summed E-state index contributed by atoms with van der Waals surface area (Å²) in [6, 6.07) is 0.288. The molecule has 0 bridgehead atoms. The van der Waals surface area contributed by atoms with Crippen molar-refractivity contribution in [1.29, 1.82) is 0 Å². The topological polar surface area (TPSA) is 52.3 Å². The average molecular weight is 247 g/mol. The van der Waals surface area contributed by atoms with Gasteiger partial charge in [-0.05, 0) is 46.3 Å². The predicted molar refractivity (Wildman–Crippen MR) is 70.7 cm³/mol. The Balaban J connectivity index is 3.35. The zero-order chi connectivity index (χ0) is 12.6. The van der Waals surface area contributed by atoms with Crippen molar-refractivity contribution in [2.24, 2.45) is 5.73 Å². The molecule has 96 valence electrons. The number of nitrogens with two attached hydrogens (primary N) is 1. The van der Waals surface area contributed by atoms with Crippen LogP contribution in [0.15, 0.2) is 0 Å². The quantitative estimate of drug-likeness (QED) is 0.555. The van der Waals surface area contributed by atoms with Crippen LogP contribution in [0.4, 0.5) is 0 Å². The fourth-order valence-electron chi connectivity index (χ4n) is 1.20. The van der Waals surface area contributed by atoms with Crippen molar-refractivity contribution in [2.45, 2.75) is 58.6 Å². The Morgan fingerprint density at radius 3 is 2.50 bits per heavy atom. The van der Waals surface area contributed by atoms with Gasteiger partial charge in [0, 0.05) is 6.04 Å². The summed E-state index contributed by atoms with van der Waals surface area (Å²) >= 11 is 1.64. The molecule has 0 saturated carbocycles. The molecule has 4 heteroatoms. The van der Waals surface area contributed by atoms with E-state index in [9.17, 15) is 4.79 Å². The molecule has 0 aromatic rings. The molecule has 1 unspecified atom stereocenters. The van der Waals surface area contributed by atoms with Crippen molar-refractivity contribution in [3.05, 3.63) is 0 Å². The van der Waals surface area contributed by atoms with Crippen LogP contribution < -0.4 is 5.73 Å². The molecule has 0 aliphatic carbocycles. The molecule has 0 amide bonds. The first-order valence-corrected chi connectivity index (χ1v) is 7.02. The lowest BCUT2D eigenvalue weighted by atomic mass is 10.2. The second-order valence-corrected chi connectivity index (χ2v) is 6.22. The zero-order valence-corrected chi connectivity index (χ0v) is 11.7. The Bertz CT molecular complexity index is 200. The monoisotopic (exact) mass is 247 g/mol. The number of carbonyl (C=O) groups excluding carboxylic acids is 1. The molecule has 3 nitrogen and oxygen atoms in total. The molecule has 0 aromatic carbocycles. The molecule has 0 fully saturated rings. The van der Waals surface area contributed by atoms with Crippen LogP contribution in [0.5, 0.6) is 0 Å². The van der Waals surface area contributed by atoms with E-state index in [1.807, 2.05) is 27.7 Å². The lowest BCUT2D eigenvalue weighted by Gasteiger charge is -2.19.